The summed E-state index contributed by atoms with van der Waals surface area (Å²) in [6, 6.07) is 13.7. The number of aromatic hydroxyl groups is 1. The van der Waals surface area contributed by atoms with E-state index in [0.717, 1.165) is 0 Å². The molecule has 0 saturated heterocycles. The Hall–Kier alpha value is -1.80. The number of carbonyl (C=O) groups excluding carboxylic acids is 1. The van der Waals surface area contributed by atoms with Gasteiger partial charge in [0.15, 0.2) is 5.78 Å². The number of ketones is 1. The van der Waals surface area contributed by atoms with Crippen LogP contribution < -0.4 is 0 Å². The summed E-state index contributed by atoms with van der Waals surface area (Å²) < 4.78 is 0. The lowest BCUT2D eigenvalue weighted by atomic mass is 10.0. The molecular formula is C14H11ClO2. The summed E-state index contributed by atoms with van der Waals surface area (Å²) in [6.45, 7) is 0. The van der Waals surface area contributed by atoms with E-state index in [0.29, 0.717) is 16.7 Å². The molecule has 0 saturated carbocycles. The third-order valence-corrected chi connectivity index (χ3v) is 2.81. The lowest BCUT2D eigenvalue weighted by Crippen LogP contribution is -2.01. The molecule has 0 aromatic heterocycles. The van der Waals surface area contributed by atoms with Gasteiger partial charge in [-0.25, -0.2) is 0 Å². The highest BCUT2D eigenvalue weighted by atomic mass is 35.5. The summed E-state index contributed by atoms with van der Waals surface area (Å²) in [7, 11) is 0. The third kappa shape index (κ3) is 2.48. The van der Waals surface area contributed by atoms with Gasteiger partial charge >= 0.3 is 0 Å². The predicted octanol–water partition coefficient (Wildman–Crippen LogP) is 3.36. The van der Waals surface area contributed by atoms with Gasteiger partial charge < -0.3 is 5.11 Å². The number of carbonyl (C=O) groups is 1. The van der Waals surface area contributed by atoms with Crippen LogP contribution in [0, 0.1) is 0 Å². The zero-order valence-electron chi connectivity index (χ0n) is 9.06. The first-order chi connectivity index (χ1) is 8.22. The molecule has 2 aromatic carbocycles. The Morgan fingerprint density at radius 2 is 1.76 bits per heavy atom. The van der Waals surface area contributed by atoms with Crippen molar-refractivity contribution in [3.05, 3.63) is 65.2 Å². The minimum Gasteiger partial charge on any atom is -0.508 e. The Kier molecular flexibility index (Phi) is 3.45. The third-order valence-electron chi connectivity index (χ3n) is 2.52. The Morgan fingerprint density at radius 3 is 2.41 bits per heavy atom. The molecular weight excluding hydrogens is 236 g/mol. The largest absolute Gasteiger partial charge is 0.508 e. The molecule has 0 aliphatic heterocycles. The maximum atomic E-state index is 12.1. The summed E-state index contributed by atoms with van der Waals surface area (Å²) in [5.41, 5.74) is 1.72. The van der Waals surface area contributed by atoms with Crippen molar-refractivity contribution in [2.45, 2.75) is 5.88 Å². The average molecular weight is 247 g/mol. The summed E-state index contributed by atoms with van der Waals surface area (Å²) in [4.78, 5) is 12.1. The highest BCUT2D eigenvalue weighted by Gasteiger charge is 2.10. The van der Waals surface area contributed by atoms with E-state index in [1.165, 1.54) is 6.07 Å². The Labute approximate surface area is 104 Å². The van der Waals surface area contributed by atoms with Crippen molar-refractivity contribution >= 4 is 17.4 Å². The molecule has 0 amide bonds. The fraction of sp³-hybridized carbons (Fsp3) is 0.0714. The molecule has 3 heteroatoms. The van der Waals surface area contributed by atoms with Crippen molar-refractivity contribution in [2.24, 2.45) is 0 Å². The van der Waals surface area contributed by atoms with Gasteiger partial charge in [0.2, 0.25) is 0 Å². The first-order valence-electron chi connectivity index (χ1n) is 5.20. The van der Waals surface area contributed by atoms with E-state index in [1.54, 1.807) is 24.3 Å². The summed E-state index contributed by atoms with van der Waals surface area (Å²) in [6.07, 6.45) is 0. The standard InChI is InChI=1S/C14H11ClO2/c15-9-12-8-11(6-7-13(12)16)14(17)10-4-2-1-3-5-10/h1-8,16H,9H2. The molecule has 0 aliphatic rings. The number of phenols is 1. The van der Waals surface area contributed by atoms with Crippen molar-refractivity contribution < 1.29 is 9.90 Å². The molecule has 1 N–H and O–H groups in total. The SMILES string of the molecule is O=C(c1ccccc1)c1ccc(O)c(CCl)c1. The first-order valence-corrected chi connectivity index (χ1v) is 5.73. The second kappa shape index (κ2) is 5.02. The summed E-state index contributed by atoms with van der Waals surface area (Å²) >= 11 is 5.68. The summed E-state index contributed by atoms with van der Waals surface area (Å²) in [5, 5.41) is 9.49. The Morgan fingerprint density at radius 1 is 1.06 bits per heavy atom. The minimum absolute atomic E-state index is 0.0723. The van der Waals surface area contributed by atoms with Gasteiger partial charge in [-0.15, -0.1) is 11.6 Å². The van der Waals surface area contributed by atoms with E-state index in [4.69, 9.17) is 11.6 Å². The molecule has 2 nitrogen and oxygen atoms in total. The van der Waals surface area contributed by atoms with Gasteiger partial charge in [0, 0.05) is 16.7 Å². The molecule has 0 aliphatic carbocycles. The number of phenolic OH excluding ortho intramolecular Hbond substituents is 1. The van der Waals surface area contributed by atoms with E-state index in [1.807, 2.05) is 18.2 Å². The van der Waals surface area contributed by atoms with Crippen LogP contribution in [0.3, 0.4) is 0 Å². The van der Waals surface area contributed by atoms with Crippen LogP contribution in [0.1, 0.15) is 21.5 Å². The number of rotatable bonds is 3. The van der Waals surface area contributed by atoms with Crippen LogP contribution in [-0.2, 0) is 5.88 Å². The molecule has 0 spiro atoms. The highest BCUT2D eigenvalue weighted by Crippen LogP contribution is 2.21. The van der Waals surface area contributed by atoms with Crippen LogP contribution in [-0.4, -0.2) is 10.9 Å². The molecule has 2 rings (SSSR count). The van der Waals surface area contributed by atoms with Crippen molar-refractivity contribution in [1.82, 2.24) is 0 Å². The van der Waals surface area contributed by atoms with Crippen molar-refractivity contribution in [3.63, 3.8) is 0 Å². The molecule has 0 fully saturated rings. The van der Waals surface area contributed by atoms with Gasteiger partial charge in [-0.1, -0.05) is 30.3 Å². The van der Waals surface area contributed by atoms with Gasteiger partial charge in [-0.2, -0.15) is 0 Å². The maximum absolute atomic E-state index is 12.1. The van der Waals surface area contributed by atoms with Crippen molar-refractivity contribution in [1.29, 1.82) is 0 Å². The molecule has 0 radical (unpaired) electrons. The fourth-order valence-electron chi connectivity index (χ4n) is 1.59. The molecule has 17 heavy (non-hydrogen) atoms. The van der Waals surface area contributed by atoms with Gasteiger partial charge in [0.1, 0.15) is 5.75 Å². The number of alkyl halides is 1. The van der Waals surface area contributed by atoms with Crippen LogP contribution in [0.2, 0.25) is 0 Å². The minimum atomic E-state index is -0.0723. The van der Waals surface area contributed by atoms with Crippen LogP contribution in [0.4, 0.5) is 0 Å². The van der Waals surface area contributed by atoms with E-state index < -0.39 is 0 Å². The second-order valence-corrected chi connectivity index (χ2v) is 3.94. The molecule has 0 bridgehead atoms. The van der Waals surface area contributed by atoms with Gasteiger partial charge in [-0.05, 0) is 18.2 Å². The Bertz CT molecular complexity index is 535. The van der Waals surface area contributed by atoms with Crippen LogP contribution in [0.25, 0.3) is 0 Å². The predicted molar refractivity (Wildman–Crippen MR) is 67.5 cm³/mol. The molecule has 0 heterocycles. The maximum Gasteiger partial charge on any atom is 0.193 e. The first kappa shape index (κ1) is 11.7. The van der Waals surface area contributed by atoms with Gasteiger partial charge in [0.25, 0.3) is 0 Å². The normalized spacial score (nSPS) is 10.2. The van der Waals surface area contributed by atoms with Crippen LogP contribution in [0.5, 0.6) is 5.75 Å². The fourth-order valence-corrected chi connectivity index (χ4v) is 1.80. The van der Waals surface area contributed by atoms with Gasteiger partial charge in [0.05, 0.1) is 5.88 Å². The van der Waals surface area contributed by atoms with E-state index in [2.05, 4.69) is 0 Å². The smallest absolute Gasteiger partial charge is 0.193 e. The molecule has 86 valence electrons. The van der Waals surface area contributed by atoms with Gasteiger partial charge in [-0.3, -0.25) is 4.79 Å². The lowest BCUT2D eigenvalue weighted by molar-refractivity contribution is 0.103. The van der Waals surface area contributed by atoms with E-state index in [9.17, 15) is 9.90 Å². The van der Waals surface area contributed by atoms with Crippen molar-refractivity contribution in [2.75, 3.05) is 0 Å². The number of halogens is 1. The number of benzene rings is 2. The average Bonchev–Trinajstić information content (AvgIpc) is 2.39. The number of hydrogen-bond acceptors (Lipinski definition) is 2. The van der Waals surface area contributed by atoms with E-state index >= 15 is 0 Å². The van der Waals surface area contributed by atoms with Crippen molar-refractivity contribution in [3.8, 4) is 5.75 Å². The highest BCUT2D eigenvalue weighted by molar-refractivity contribution is 6.17. The number of hydrogen-bond donors (Lipinski definition) is 1. The molecule has 0 atom stereocenters. The van der Waals surface area contributed by atoms with Crippen LogP contribution >= 0.6 is 11.6 Å². The zero-order valence-corrected chi connectivity index (χ0v) is 9.82. The lowest BCUT2D eigenvalue weighted by Gasteiger charge is -2.05. The van der Waals surface area contributed by atoms with Crippen LogP contribution in [0.15, 0.2) is 48.5 Å². The zero-order chi connectivity index (χ0) is 12.3. The summed E-state index contributed by atoms with van der Waals surface area (Å²) in [5.74, 6) is 0.225. The van der Waals surface area contributed by atoms with E-state index in [-0.39, 0.29) is 17.4 Å². The second-order valence-electron chi connectivity index (χ2n) is 3.67. The topological polar surface area (TPSA) is 37.3 Å². The molecule has 0 unspecified atom stereocenters. The molecule has 2 aromatic rings. The monoisotopic (exact) mass is 246 g/mol. The quantitative estimate of drug-likeness (QED) is 0.666. The Balaban J connectivity index is 2.38.